The predicted molar refractivity (Wildman–Crippen MR) is 66.9 cm³/mol. The number of nitrogens with zero attached hydrogens (tertiary/aromatic N) is 2. The van der Waals surface area contributed by atoms with Crippen molar-refractivity contribution < 1.29 is 9.21 Å². The van der Waals surface area contributed by atoms with Gasteiger partial charge in [-0.25, -0.2) is 0 Å². The fraction of sp³-hybridized carbons (Fsp3) is 0.333. The number of aromatic nitrogens is 2. The monoisotopic (exact) mass is 248 g/mol. The maximum atomic E-state index is 12.0. The van der Waals surface area contributed by atoms with Crippen LogP contribution >= 0.6 is 0 Å². The van der Waals surface area contributed by atoms with Crippen LogP contribution in [0.25, 0.3) is 0 Å². The van der Waals surface area contributed by atoms with E-state index < -0.39 is 0 Å². The lowest BCUT2D eigenvalue weighted by Crippen LogP contribution is -2.27. The number of rotatable bonds is 3. The number of nitrogens with one attached hydrogen (secondary N) is 1. The second kappa shape index (κ2) is 4.56. The van der Waals surface area contributed by atoms with Gasteiger partial charge in [-0.15, -0.1) is 0 Å². The van der Waals surface area contributed by atoms with E-state index in [4.69, 9.17) is 10.2 Å². The molecule has 2 rings (SSSR count). The Labute approximate surface area is 105 Å². The van der Waals surface area contributed by atoms with Crippen molar-refractivity contribution >= 4 is 11.6 Å². The van der Waals surface area contributed by atoms with Gasteiger partial charge in [0.05, 0.1) is 11.7 Å². The molecule has 1 amide bonds. The van der Waals surface area contributed by atoms with E-state index in [0.717, 1.165) is 5.76 Å². The number of nitrogen functional groups attached to an aromatic ring is 1. The van der Waals surface area contributed by atoms with Gasteiger partial charge in [-0.2, -0.15) is 5.10 Å². The highest BCUT2D eigenvalue weighted by Crippen LogP contribution is 2.17. The lowest BCUT2D eigenvalue weighted by Gasteiger charge is -2.10. The van der Waals surface area contributed by atoms with Crippen molar-refractivity contribution in [2.75, 3.05) is 5.73 Å². The summed E-state index contributed by atoms with van der Waals surface area (Å²) in [4.78, 5) is 12.0. The summed E-state index contributed by atoms with van der Waals surface area (Å²) < 4.78 is 6.95. The van der Waals surface area contributed by atoms with Crippen LogP contribution in [0, 0.1) is 6.92 Å². The minimum absolute atomic E-state index is 0.229. The van der Waals surface area contributed by atoms with Gasteiger partial charge in [0.1, 0.15) is 11.5 Å². The quantitative estimate of drug-likeness (QED) is 0.859. The Kier molecular flexibility index (Phi) is 3.10. The van der Waals surface area contributed by atoms with Crippen LogP contribution in [0.5, 0.6) is 0 Å². The van der Waals surface area contributed by atoms with E-state index in [-0.39, 0.29) is 17.6 Å². The smallest absolute Gasteiger partial charge is 0.274 e. The number of carbonyl (C=O) groups is 1. The Morgan fingerprint density at radius 1 is 1.56 bits per heavy atom. The molecule has 0 aliphatic carbocycles. The molecule has 18 heavy (non-hydrogen) atoms. The second-order valence-corrected chi connectivity index (χ2v) is 4.25. The fourth-order valence-electron chi connectivity index (χ4n) is 1.71. The molecule has 1 atom stereocenters. The number of hydrogen-bond acceptors (Lipinski definition) is 4. The zero-order chi connectivity index (χ0) is 13.3. The molecule has 0 aliphatic rings. The van der Waals surface area contributed by atoms with Crippen LogP contribution < -0.4 is 11.1 Å². The van der Waals surface area contributed by atoms with Gasteiger partial charge in [-0.1, -0.05) is 0 Å². The highest BCUT2D eigenvalue weighted by molar-refractivity contribution is 5.97. The topological polar surface area (TPSA) is 86.1 Å². The standard InChI is InChI=1S/C12H16N4O2/c1-7-4-5-10(18-7)8(2)14-12(17)11-9(13)6-16(3)15-11/h4-6,8H,13H2,1-3H3,(H,14,17). The van der Waals surface area contributed by atoms with Crippen molar-refractivity contribution in [2.45, 2.75) is 19.9 Å². The maximum Gasteiger partial charge on any atom is 0.274 e. The molecular weight excluding hydrogens is 232 g/mol. The number of anilines is 1. The summed E-state index contributed by atoms with van der Waals surface area (Å²) in [5.74, 6) is 1.20. The van der Waals surface area contributed by atoms with Crippen molar-refractivity contribution in [3.8, 4) is 0 Å². The van der Waals surface area contributed by atoms with Gasteiger partial charge >= 0.3 is 0 Å². The molecule has 96 valence electrons. The molecule has 2 aromatic heterocycles. The highest BCUT2D eigenvalue weighted by Gasteiger charge is 2.18. The largest absolute Gasteiger partial charge is 0.464 e. The summed E-state index contributed by atoms with van der Waals surface area (Å²) >= 11 is 0. The van der Waals surface area contributed by atoms with E-state index in [1.807, 2.05) is 26.0 Å². The molecule has 0 aliphatic heterocycles. The summed E-state index contributed by atoms with van der Waals surface area (Å²) in [6.45, 7) is 3.70. The Hall–Kier alpha value is -2.24. The molecule has 0 fully saturated rings. The van der Waals surface area contributed by atoms with E-state index in [0.29, 0.717) is 11.4 Å². The molecule has 2 aromatic rings. The van der Waals surface area contributed by atoms with Crippen LogP contribution in [0.4, 0.5) is 5.69 Å². The normalized spacial score (nSPS) is 12.4. The number of amides is 1. The third-order valence-electron chi connectivity index (χ3n) is 2.61. The van der Waals surface area contributed by atoms with E-state index in [1.165, 1.54) is 4.68 Å². The summed E-state index contributed by atoms with van der Waals surface area (Å²) in [6.07, 6.45) is 1.59. The molecule has 0 radical (unpaired) electrons. The van der Waals surface area contributed by atoms with Crippen LogP contribution in [0.1, 0.15) is 35.0 Å². The Morgan fingerprint density at radius 3 is 2.78 bits per heavy atom. The Balaban J connectivity index is 2.10. The molecule has 0 saturated carbocycles. The summed E-state index contributed by atoms with van der Waals surface area (Å²) in [5.41, 5.74) is 6.28. The first kappa shape index (κ1) is 12.2. The number of hydrogen-bond donors (Lipinski definition) is 2. The minimum Gasteiger partial charge on any atom is -0.464 e. The molecular formula is C12H16N4O2. The first-order valence-corrected chi connectivity index (χ1v) is 5.63. The third kappa shape index (κ3) is 2.37. The van der Waals surface area contributed by atoms with E-state index in [2.05, 4.69) is 10.4 Å². The van der Waals surface area contributed by atoms with Crippen LogP contribution in [0.15, 0.2) is 22.7 Å². The van der Waals surface area contributed by atoms with Crippen molar-refractivity contribution in [3.63, 3.8) is 0 Å². The van der Waals surface area contributed by atoms with Gasteiger partial charge in [-0.05, 0) is 26.0 Å². The predicted octanol–water partition coefficient (Wildman–Crippen LogP) is 1.39. The maximum absolute atomic E-state index is 12.0. The number of aryl methyl sites for hydroxylation is 2. The van der Waals surface area contributed by atoms with E-state index in [9.17, 15) is 4.79 Å². The van der Waals surface area contributed by atoms with E-state index >= 15 is 0 Å². The fourth-order valence-corrected chi connectivity index (χ4v) is 1.71. The molecule has 0 spiro atoms. The van der Waals surface area contributed by atoms with Gasteiger partial charge in [0, 0.05) is 13.2 Å². The molecule has 0 bridgehead atoms. The molecule has 0 aromatic carbocycles. The average Bonchev–Trinajstić information content (AvgIpc) is 2.84. The Morgan fingerprint density at radius 2 is 2.28 bits per heavy atom. The third-order valence-corrected chi connectivity index (χ3v) is 2.61. The first-order valence-electron chi connectivity index (χ1n) is 5.63. The van der Waals surface area contributed by atoms with E-state index in [1.54, 1.807) is 13.2 Å². The minimum atomic E-state index is -0.311. The Bertz CT molecular complexity index is 570. The second-order valence-electron chi connectivity index (χ2n) is 4.25. The number of nitrogens with two attached hydrogens (primary N) is 1. The zero-order valence-corrected chi connectivity index (χ0v) is 10.6. The lowest BCUT2D eigenvalue weighted by molar-refractivity contribution is 0.0930. The number of carbonyl (C=O) groups excluding carboxylic acids is 1. The van der Waals surface area contributed by atoms with Crippen molar-refractivity contribution in [2.24, 2.45) is 7.05 Å². The molecule has 6 nitrogen and oxygen atoms in total. The number of furan rings is 1. The molecule has 6 heteroatoms. The molecule has 2 heterocycles. The van der Waals surface area contributed by atoms with Gasteiger partial charge in [0.25, 0.3) is 5.91 Å². The van der Waals surface area contributed by atoms with Gasteiger partial charge < -0.3 is 15.5 Å². The van der Waals surface area contributed by atoms with Crippen molar-refractivity contribution in [1.82, 2.24) is 15.1 Å². The molecule has 3 N–H and O–H groups in total. The van der Waals surface area contributed by atoms with Gasteiger partial charge in [-0.3, -0.25) is 9.48 Å². The van der Waals surface area contributed by atoms with Crippen LogP contribution in [0.2, 0.25) is 0 Å². The molecule has 1 unspecified atom stereocenters. The van der Waals surface area contributed by atoms with Crippen LogP contribution in [-0.2, 0) is 7.05 Å². The first-order chi connectivity index (χ1) is 8.47. The highest BCUT2D eigenvalue weighted by atomic mass is 16.3. The summed E-state index contributed by atoms with van der Waals surface area (Å²) in [5, 5.41) is 6.80. The summed E-state index contributed by atoms with van der Waals surface area (Å²) in [7, 11) is 1.71. The summed E-state index contributed by atoms with van der Waals surface area (Å²) in [6, 6.07) is 3.46. The lowest BCUT2D eigenvalue weighted by atomic mass is 10.2. The van der Waals surface area contributed by atoms with Gasteiger partial charge in [0.2, 0.25) is 0 Å². The SMILES string of the molecule is Cc1ccc(C(C)NC(=O)c2nn(C)cc2N)o1. The van der Waals surface area contributed by atoms with Gasteiger partial charge in [0.15, 0.2) is 5.69 Å². The zero-order valence-electron chi connectivity index (χ0n) is 10.6. The van der Waals surface area contributed by atoms with Crippen molar-refractivity contribution in [3.05, 3.63) is 35.5 Å². The van der Waals surface area contributed by atoms with Crippen LogP contribution in [0.3, 0.4) is 0 Å². The van der Waals surface area contributed by atoms with Crippen molar-refractivity contribution in [1.29, 1.82) is 0 Å². The van der Waals surface area contributed by atoms with Crippen LogP contribution in [-0.4, -0.2) is 15.7 Å². The molecule has 0 saturated heterocycles. The average molecular weight is 248 g/mol.